The van der Waals surface area contributed by atoms with Gasteiger partial charge in [-0.1, -0.05) is 12.1 Å². The quantitative estimate of drug-likeness (QED) is 0.677. The van der Waals surface area contributed by atoms with Gasteiger partial charge in [0.2, 0.25) is 10.9 Å². The van der Waals surface area contributed by atoms with Gasteiger partial charge in [0.25, 0.3) is 0 Å². The molecular formula is C15H9FN4O3. The van der Waals surface area contributed by atoms with Crippen molar-refractivity contribution < 1.29 is 9.18 Å². The third-order valence-corrected chi connectivity index (χ3v) is 3.12. The molecule has 23 heavy (non-hydrogen) atoms. The lowest BCUT2D eigenvalue weighted by Gasteiger charge is -2.02. The molecule has 2 N–H and O–H groups in total. The van der Waals surface area contributed by atoms with Crippen LogP contribution in [-0.4, -0.2) is 11.0 Å². The molecule has 0 saturated heterocycles. The summed E-state index contributed by atoms with van der Waals surface area (Å²) in [7, 11) is 0. The number of aromatic nitrogens is 1. The smallest absolute Gasteiger partial charge is 0.306 e. The fourth-order valence-corrected chi connectivity index (χ4v) is 2.10. The molecule has 0 atom stereocenters. The zero-order chi connectivity index (χ0) is 16.4. The predicted molar refractivity (Wildman–Crippen MR) is 80.8 cm³/mol. The number of carbonyl (C=O) groups is 1. The lowest BCUT2D eigenvalue weighted by atomic mass is 10.2. The predicted octanol–water partition coefficient (Wildman–Crippen LogP) is 0.607. The molecule has 1 heterocycles. The number of fused-ring (bicyclic) bond motifs is 1. The Morgan fingerprint density at radius 1 is 1.09 bits per heavy atom. The van der Waals surface area contributed by atoms with Crippen molar-refractivity contribution in [3.05, 3.63) is 74.3 Å². The Bertz CT molecular complexity index is 1040. The van der Waals surface area contributed by atoms with Gasteiger partial charge in [0.1, 0.15) is 5.82 Å². The average molecular weight is 312 g/mol. The molecule has 1 aromatic heterocycles. The van der Waals surface area contributed by atoms with Crippen molar-refractivity contribution in [2.45, 2.75) is 0 Å². The molecule has 0 radical (unpaired) electrons. The Hall–Kier alpha value is -3.42. The first-order chi connectivity index (χ1) is 11.1. The molecule has 0 aliphatic rings. The summed E-state index contributed by atoms with van der Waals surface area (Å²) in [5, 5.41) is 5.02. The van der Waals surface area contributed by atoms with Crippen LogP contribution in [0.1, 0.15) is 0 Å². The van der Waals surface area contributed by atoms with E-state index in [1.165, 1.54) is 24.5 Å². The van der Waals surface area contributed by atoms with Crippen molar-refractivity contribution in [2.24, 2.45) is 5.10 Å². The number of halogens is 1. The molecule has 0 bridgehead atoms. The maximum absolute atomic E-state index is 13.6. The second-order valence-corrected chi connectivity index (χ2v) is 4.58. The lowest BCUT2D eigenvalue weighted by molar-refractivity contribution is 0.252. The van der Waals surface area contributed by atoms with Crippen molar-refractivity contribution in [3.63, 3.8) is 0 Å². The Morgan fingerprint density at radius 2 is 1.83 bits per heavy atom. The molecule has 0 unspecified atom stereocenters. The van der Waals surface area contributed by atoms with Crippen molar-refractivity contribution in [3.8, 4) is 0 Å². The SMILES string of the molecule is O=C(NN=c1c(=O)c2cccc(F)c2c1=O)Nc1ccncc1. The van der Waals surface area contributed by atoms with Crippen molar-refractivity contribution in [2.75, 3.05) is 5.32 Å². The van der Waals surface area contributed by atoms with Gasteiger partial charge >= 0.3 is 6.03 Å². The Morgan fingerprint density at radius 3 is 2.52 bits per heavy atom. The highest BCUT2D eigenvalue weighted by Crippen LogP contribution is 2.08. The minimum atomic E-state index is -0.854. The molecule has 0 aliphatic heterocycles. The molecule has 3 aromatic rings. The van der Waals surface area contributed by atoms with Crippen LogP contribution in [0, 0.1) is 5.82 Å². The van der Waals surface area contributed by atoms with E-state index in [2.05, 4.69) is 15.4 Å². The molecule has 8 heteroatoms. The van der Waals surface area contributed by atoms with Crippen LogP contribution in [0.5, 0.6) is 0 Å². The van der Waals surface area contributed by atoms with Gasteiger partial charge < -0.3 is 5.32 Å². The number of rotatable bonds is 2. The summed E-state index contributed by atoms with van der Waals surface area (Å²) in [6.45, 7) is 0. The first-order valence-electron chi connectivity index (χ1n) is 6.50. The van der Waals surface area contributed by atoms with Gasteiger partial charge in [-0.05, 0) is 18.2 Å². The van der Waals surface area contributed by atoms with E-state index in [0.717, 1.165) is 6.07 Å². The van der Waals surface area contributed by atoms with Crippen LogP contribution in [0.2, 0.25) is 0 Å². The summed E-state index contributed by atoms with van der Waals surface area (Å²) in [4.78, 5) is 39.5. The number of hydrogen-bond acceptors (Lipinski definition) is 5. The number of pyridine rings is 1. The summed E-state index contributed by atoms with van der Waals surface area (Å²) in [5.74, 6) is -0.799. The average Bonchev–Trinajstić information content (AvgIpc) is 2.79. The Balaban J connectivity index is 1.93. The van der Waals surface area contributed by atoms with E-state index in [1.54, 1.807) is 12.1 Å². The molecule has 0 spiro atoms. The molecule has 0 aliphatic carbocycles. The van der Waals surface area contributed by atoms with Gasteiger partial charge in [0.05, 0.1) is 5.39 Å². The Labute approximate surface area is 127 Å². The highest BCUT2D eigenvalue weighted by atomic mass is 19.1. The van der Waals surface area contributed by atoms with Gasteiger partial charge in [0.15, 0.2) is 5.36 Å². The van der Waals surface area contributed by atoms with E-state index in [1.807, 2.05) is 5.43 Å². The van der Waals surface area contributed by atoms with E-state index in [4.69, 9.17) is 0 Å². The topological polar surface area (TPSA) is 101 Å². The minimum Gasteiger partial charge on any atom is -0.306 e. The number of urea groups is 1. The largest absolute Gasteiger partial charge is 0.339 e. The number of nitrogens with zero attached hydrogens (tertiary/aromatic N) is 2. The van der Waals surface area contributed by atoms with Crippen molar-refractivity contribution in [1.82, 2.24) is 10.4 Å². The van der Waals surface area contributed by atoms with E-state index in [-0.39, 0.29) is 10.8 Å². The number of anilines is 1. The second kappa shape index (κ2) is 5.76. The van der Waals surface area contributed by atoms with Gasteiger partial charge in [-0.25, -0.2) is 14.6 Å². The first kappa shape index (κ1) is 14.5. The molecular weight excluding hydrogens is 303 g/mol. The van der Waals surface area contributed by atoms with E-state index in [0.29, 0.717) is 5.69 Å². The maximum atomic E-state index is 13.6. The highest BCUT2D eigenvalue weighted by molar-refractivity contribution is 5.89. The van der Waals surface area contributed by atoms with E-state index < -0.39 is 28.1 Å². The van der Waals surface area contributed by atoms with E-state index in [9.17, 15) is 18.8 Å². The second-order valence-electron chi connectivity index (χ2n) is 4.58. The summed E-state index contributed by atoms with van der Waals surface area (Å²) in [5.41, 5.74) is 0.914. The lowest BCUT2D eigenvalue weighted by Crippen LogP contribution is -2.36. The molecule has 3 rings (SSSR count). The molecule has 0 saturated carbocycles. The van der Waals surface area contributed by atoms with Crippen LogP contribution >= 0.6 is 0 Å². The van der Waals surface area contributed by atoms with Gasteiger partial charge in [-0.3, -0.25) is 14.6 Å². The van der Waals surface area contributed by atoms with Gasteiger partial charge in [-0.15, -0.1) is 0 Å². The zero-order valence-electron chi connectivity index (χ0n) is 11.5. The molecule has 7 nitrogen and oxygen atoms in total. The van der Waals surface area contributed by atoms with Crippen LogP contribution in [0.15, 0.2) is 57.4 Å². The summed E-state index contributed by atoms with van der Waals surface area (Å²) in [6.07, 6.45) is 2.95. The molecule has 2 amide bonds. The fraction of sp³-hybridized carbons (Fsp3) is 0. The minimum absolute atomic E-state index is 0.0647. The van der Waals surface area contributed by atoms with Crippen LogP contribution in [0.4, 0.5) is 14.9 Å². The number of benzene rings is 1. The summed E-state index contributed by atoms with van der Waals surface area (Å²) >= 11 is 0. The molecule has 114 valence electrons. The van der Waals surface area contributed by atoms with Crippen LogP contribution in [-0.2, 0) is 0 Å². The number of carbonyl (C=O) groups excluding carboxylic acids is 1. The Kier molecular flexibility index (Phi) is 3.63. The number of nitrogens with one attached hydrogen (secondary N) is 2. The van der Waals surface area contributed by atoms with Crippen LogP contribution in [0.3, 0.4) is 0 Å². The van der Waals surface area contributed by atoms with Gasteiger partial charge in [-0.2, -0.15) is 5.10 Å². The third kappa shape index (κ3) is 2.69. The zero-order valence-corrected chi connectivity index (χ0v) is 11.5. The normalized spacial score (nSPS) is 11.6. The summed E-state index contributed by atoms with van der Waals surface area (Å²) < 4.78 is 13.6. The third-order valence-electron chi connectivity index (χ3n) is 3.12. The maximum Gasteiger partial charge on any atom is 0.339 e. The van der Waals surface area contributed by atoms with Crippen molar-refractivity contribution in [1.29, 1.82) is 0 Å². The molecule has 2 aromatic carbocycles. The number of hydrogen-bond donors (Lipinski definition) is 2. The highest BCUT2D eigenvalue weighted by Gasteiger charge is 2.14. The monoisotopic (exact) mass is 312 g/mol. The standard InChI is InChI=1S/C15H9FN4O3/c16-10-3-1-2-9-11(10)14(22)12(13(9)21)19-20-15(23)18-8-4-6-17-7-5-8/h1-7H,(H2,17,18,20,23). The van der Waals surface area contributed by atoms with Crippen LogP contribution in [0.25, 0.3) is 10.8 Å². The van der Waals surface area contributed by atoms with Crippen LogP contribution < -0.4 is 27.0 Å². The first-order valence-corrected chi connectivity index (χ1v) is 6.50. The van der Waals surface area contributed by atoms with Gasteiger partial charge in [0, 0.05) is 23.5 Å². The molecule has 0 fully saturated rings. The fourth-order valence-electron chi connectivity index (χ4n) is 2.10. The van der Waals surface area contributed by atoms with E-state index >= 15 is 0 Å². The van der Waals surface area contributed by atoms with Crippen molar-refractivity contribution >= 4 is 22.5 Å². The number of amides is 2. The summed E-state index contributed by atoms with van der Waals surface area (Å²) in [6, 6.07) is 6.08.